The van der Waals surface area contributed by atoms with Crippen LogP contribution in [0.4, 0.5) is 10.1 Å². The van der Waals surface area contributed by atoms with Crippen LogP contribution in [0.5, 0.6) is 0 Å². The zero-order valence-corrected chi connectivity index (χ0v) is 13.6. The third-order valence-electron chi connectivity index (χ3n) is 3.43. The summed E-state index contributed by atoms with van der Waals surface area (Å²) in [6.07, 6.45) is 0. The number of carbonyl (C=O) groups excluding carboxylic acids is 1. The van der Waals surface area contributed by atoms with E-state index in [1.165, 1.54) is 24.3 Å². The Morgan fingerprint density at radius 3 is 2.56 bits per heavy atom. The maximum Gasteiger partial charge on any atom is 0.247 e. The largest absolute Gasteiger partial charge is 0.419 e. The SMILES string of the molecule is CN(CC(=O)Nc1ccc(F)cc1)Cc1nnc(-c2ccccc2)o1. The molecule has 1 amide bonds. The van der Waals surface area contributed by atoms with Crippen LogP contribution in [0.3, 0.4) is 0 Å². The number of anilines is 1. The standard InChI is InChI=1S/C18H17FN4O2/c1-23(11-16(24)20-15-9-7-14(19)8-10-15)12-17-21-22-18(25-17)13-5-3-2-4-6-13/h2-10H,11-12H2,1H3,(H,20,24). The molecule has 0 aliphatic rings. The molecule has 0 radical (unpaired) electrons. The van der Waals surface area contributed by atoms with E-state index in [1.807, 2.05) is 30.3 Å². The van der Waals surface area contributed by atoms with Crippen molar-refractivity contribution in [1.82, 2.24) is 15.1 Å². The summed E-state index contributed by atoms with van der Waals surface area (Å²) >= 11 is 0. The van der Waals surface area contributed by atoms with E-state index < -0.39 is 0 Å². The highest BCUT2D eigenvalue weighted by atomic mass is 19.1. The van der Waals surface area contributed by atoms with E-state index in [0.29, 0.717) is 24.0 Å². The Balaban J connectivity index is 1.54. The second-order valence-electron chi connectivity index (χ2n) is 5.59. The fraction of sp³-hybridized carbons (Fsp3) is 0.167. The van der Waals surface area contributed by atoms with Gasteiger partial charge in [-0.3, -0.25) is 9.69 Å². The van der Waals surface area contributed by atoms with Gasteiger partial charge in [0, 0.05) is 11.3 Å². The third kappa shape index (κ3) is 4.71. The number of nitrogens with zero attached hydrogens (tertiary/aromatic N) is 3. The normalized spacial score (nSPS) is 10.8. The highest BCUT2D eigenvalue weighted by Gasteiger charge is 2.13. The number of aromatic nitrogens is 2. The molecular formula is C18H17FN4O2. The first-order valence-electron chi connectivity index (χ1n) is 7.72. The van der Waals surface area contributed by atoms with Gasteiger partial charge in [0.05, 0.1) is 13.1 Å². The van der Waals surface area contributed by atoms with Crippen molar-refractivity contribution in [3.8, 4) is 11.5 Å². The van der Waals surface area contributed by atoms with Crippen molar-refractivity contribution in [3.05, 3.63) is 66.3 Å². The van der Waals surface area contributed by atoms with Crippen LogP contribution >= 0.6 is 0 Å². The van der Waals surface area contributed by atoms with E-state index in [-0.39, 0.29) is 18.3 Å². The van der Waals surface area contributed by atoms with Gasteiger partial charge in [0.25, 0.3) is 0 Å². The van der Waals surface area contributed by atoms with E-state index in [1.54, 1.807) is 11.9 Å². The monoisotopic (exact) mass is 340 g/mol. The van der Waals surface area contributed by atoms with E-state index in [2.05, 4.69) is 15.5 Å². The first-order chi connectivity index (χ1) is 12.1. The van der Waals surface area contributed by atoms with Gasteiger partial charge in [-0.15, -0.1) is 10.2 Å². The lowest BCUT2D eigenvalue weighted by Gasteiger charge is -2.14. The predicted molar refractivity (Wildman–Crippen MR) is 91.1 cm³/mol. The number of likely N-dealkylation sites (N-methyl/N-ethyl adjacent to an activating group) is 1. The lowest BCUT2D eigenvalue weighted by atomic mass is 10.2. The summed E-state index contributed by atoms with van der Waals surface area (Å²) in [5, 5.41) is 10.7. The number of halogens is 1. The van der Waals surface area contributed by atoms with Gasteiger partial charge in [-0.2, -0.15) is 0 Å². The second-order valence-corrected chi connectivity index (χ2v) is 5.59. The van der Waals surface area contributed by atoms with Crippen molar-refractivity contribution in [3.63, 3.8) is 0 Å². The number of benzene rings is 2. The number of rotatable bonds is 6. The Bertz CT molecular complexity index is 834. The van der Waals surface area contributed by atoms with Crippen molar-refractivity contribution in [2.45, 2.75) is 6.54 Å². The molecule has 0 atom stereocenters. The zero-order valence-electron chi connectivity index (χ0n) is 13.6. The fourth-order valence-corrected chi connectivity index (χ4v) is 2.28. The van der Waals surface area contributed by atoms with Crippen LogP contribution < -0.4 is 5.32 Å². The van der Waals surface area contributed by atoms with Gasteiger partial charge in [0.15, 0.2) is 0 Å². The molecule has 0 bridgehead atoms. The molecule has 128 valence electrons. The molecule has 0 saturated carbocycles. The van der Waals surface area contributed by atoms with Gasteiger partial charge in [0.1, 0.15) is 5.82 Å². The molecule has 1 aromatic heterocycles. The summed E-state index contributed by atoms with van der Waals surface area (Å²) in [6.45, 7) is 0.483. The highest BCUT2D eigenvalue weighted by Crippen LogP contribution is 2.17. The molecule has 7 heteroatoms. The molecule has 1 N–H and O–H groups in total. The molecule has 0 unspecified atom stereocenters. The lowest BCUT2D eigenvalue weighted by Crippen LogP contribution is -2.29. The molecule has 25 heavy (non-hydrogen) atoms. The molecule has 0 spiro atoms. The van der Waals surface area contributed by atoms with Crippen LogP contribution in [0.1, 0.15) is 5.89 Å². The van der Waals surface area contributed by atoms with E-state index in [0.717, 1.165) is 5.56 Å². The third-order valence-corrected chi connectivity index (χ3v) is 3.43. The van der Waals surface area contributed by atoms with Gasteiger partial charge in [-0.1, -0.05) is 18.2 Å². The number of hydrogen-bond donors (Lipinski definition) is 1. The summed E-state index contributed by atoms with van der Waals surface area (Å²) in [6, 6.07) is 15.1. The summed E-state index contributed by atoms with van der Waals surface area (Å²) in [5.74, 6) is 0.313. The Hall–Kier alpha value is -3.06. The quantitative estimate of drug-likeness (QED) is 0.747. The van der Waals surface area contributed by atoms with Crippen molar-refractivity contribution in [1.29, 1.82) is 0 Å². The van der Waals surface area contributed by atoms with Crippen molar-refractivity contribution in [2.24, 2.45) is 0 Å². The van der Waals surface area contributed by atoms with Crippen LogP contribution in [0.15, 0.2) is 59.0 Å². The first kappa shape index (κ1) is 16.8. The number of amides is 1. The molecule has 1 heterocycles. The van der Waals surface area contributed by atoms with Crippen molar-refractivity contribution >= 4 is 11.6 Å². The molecule has 6 nitrogen and oxygen atoms in total. The van der Waals surface area contributed by atoms with E-state index in [9.17, 15) is 9.18 Å². The van der Waals surface area contributed by atoms with Gasteiger partial charge < -0.3 is 9.73 Å². The van der Waals surface area contributed by atoms with Crippen LogP contribution in [-0.2, 0) is 11.3 Å². The van der Waals surface area contributed by atoms with Gasteiger partial charge in [-0.25, -0.2) is 4.39 Å². The highest BCUT2D eigenvalue weighted by molar-refractivity contribution is 5.92. The molecule has 0 fully saturated rings. The number of hydrogen-bond acceptors (Lipinski definition) is 5. The smallest absolute Gasteiger partial charge is 0.247 e. The predicted octanol–water partition coefficient (Wildman–Crippen LogP) is 2.95. The maximum atomic E-state index is 12.9. The molecule has 3 aromatic rings. The second kappa shape index (κ2) is 7.67. The minimum atomic E-state index is -0.347. The van der Waals surface area contributed by atoms with Crippen LogP contribution in [0, 0.1) is 5.82 Å². The average Bonchev–Trinajstić information content (AvgIpc) is 3.06. The average molecular weight is 340 g/mol. The van der Waals surface area contributed by atoms with Gasteiger partial charge >= 0.3 is 0 Å². The van der Waals surface area contributed by atoms with Crippen LogP contribution in [-0.4, -0.2) is 34.6 Å². The van der Waals surface area contributed by atoms with Gasteiger partial charge in [0.2, 0.25) is 17.7 Å². The zero-order chi connectivity index (χ0) is 17.6. The molecule has 3 rings (SSSR count). The van der Waals surface area contributed by atoms with Crippen molar-refractivity contribution < 1.29 is 13.6 Å². The molecule has 0 aliphatic heterocycles. The Kier molecular flexibility index (Phi) is 5.15. The Morgan fingerprint density at radius 2 is 1.84 bits per heavy atom. The topological polar surface area (TPSA) is 71.3 Å². The minimum absolute atomic E-state index is 0.139. The fourth-order valence-electron chi connectivity index (χ4n) is 2.28. The maximum absolute atomic E-state index is 12.9. The number of nitrogens with one attached hydrogen (secondary N) is 1. The molecule has 0 saturated heterocycles. The van der Waals surface area contributed by atoms with Gasteiger partial charge in [-0.05, 0) is 43.4 Å². The van der Waals surface area contributed by atoms with E-state index in [4.69, 9.17) is 4.42 Å². The summed E-state index contributed by atoms with van der Waals surface area (Å²) < 4.78 is 18.5. The van der Waals surface area contributed by atoms with Crippen molar-refractivity contribution in [2.75, 3.05) is 18.9 Å². The lowest BCUT2D eigenvalue weighted by molar-refractivity contribution is -0.117. The van der Waals surface area contributed by atoms with E-state index >= 15 is 0 Å². The van der Waals surface area contributed by atoms with Crippen LogP contribution in [0.25, 0.3) is 11.5 Å². The summed E-state index contributed by atoms with van der Waals surface area (Å²) in [5.41, 5.74) is 1.39. The van der Waals surface area contributed by atoms with Crippen LogP contribution in [0.2, 0.25) is 0 Å². The first-order valence-corrected chi connectivity index (χ1v) is 7.72. The Morgan fingerprint density at radius 1 is 1.12 bits per heavy atom. The Labute approximate surface area is 144 Å². The summed E-state index contributed by atoms with van der Waals surface area (Å²) in [7, 11) is 1.77. The molecule has 0 aliphatic carbocycles. The molecular weight excluding hydrogens is 323 g/mol. The molecule has 2 aromatic carbocycles. The number of carbonyl (C=O) groups is 1. The summed E-state index contributed by atoms with van der Waals surface area (Å²) in [4.78, 5) is 13.8. The minimum Gasteiger partial charge on any atom is -0.419 e.